The standard InChI is InChI=1S/C30H39N3O2/c1-32(29(34)24-14-12-23(13-15-24)22-8-4-2-5-9-22)26-16-18-27(19-17-26)33-21-20-28(30(33)35)31-25-10-6-3-7-11-25/h12-19,22,25,28,31H,2-11,20-21H2,1H3. The Labute approximate surface area is 209 Å². The molecule has 2 aromatic carbocycles. The molecule has 1 atom stereocenters. The molecule has 2 amide bonds. The maximum Gasteiger partial charge on any atom is 0.258 e. The van der Waals surface area contributed by atoms with Gasteiger partial charge >= 0.3 is 0 Å². The predicted octanol–water partition coefficient (Wildman–Crippen LogP) is 6.04. The Morgan fingerprint density at radius 2 is 1.46 bits per heavy atom. The SMILES string of the molecule is CN(C(=O)c1ccc(C2CCCCC2)cc1)c1ccc(N2CCC(NC3CCCCC3)C2=O)cc1. The molecule has 0 spiro atoms. The number of amides is 2. The van der Waals surface area contributed by atoms with Crippen molar-refractivity contribution in [2.75, 3.05) is 23.4 Å². The van der Waals surface area contributed by atoms with E-state index in [-0.39, 0.29) is 17.9 Å². The fourth-order valence-electron chi connectivity index (χ4n) is 6.15. The van der Waals surface area contributed by atoms with Gasteiger partial charge < -0.3 is 15.1 Å². The first-order chi connectivity index (χ1) is 17.1. The van der Waals surface area contributed by atoms with Crippen LogP contribution in [0.5, 0.6) is 0 Å². The smallest absolute Gasteiger partial charge is 0.258 e. The minimum absolute atomic E-state index is 0.0121. The summed E-state index contributed by atoms with van der Waals surface area (Å²) in [6.45, 7) is 0.741. The third kappa shape index (κ3) is 5.45. The van der Waals surface area contributed by atoms with Gasteiger partial charge in [0.25, 0.3) is 5.91 Å². The molecule has 1 unspecified atom stereocenters. The Balaban J connectivity index is 1.19. The monoisotopic (exact) mass is 473 g/mol. The van der Waals surface area contributed by atoms with Crippen molar-refractivity contribution in [3.8, 4) is 0 Å². The van der Waals surface area contributed by atoms with E-state index >= 15 is 0 Å². The Morgan fingerprint density at radius 3 is 2.11 bits per heavy atom. The Kier molecular flexibility index (Phi) is 7.52. The second-order valence-corrected chi connectivity index (χ2v) is 10.7. The van der Waals surface area contributed by atoms with Gasteiger partial charge in [-0.3, -0.25) is 9.59 Å². The maximum absolute atomic E-state index is 13.1. The Morgan fingerprint density at radius 1 is 0.829 bits per heavy atom. The quantitative estimate of drug-likeness (QED) is 0.557. The van der Waals surface area contributed by atoms with Gasteiger partial charge in [0, 0.05) is 36.6 Å². The summed E-state index contributed by atoms with van der Waals surface area (Å²) in [6.07, 6.45) is 13.6. The van der Waals surface area contributed by atoms with E-state index in [1.807, 2.05) is 48.3 Å². The van der Waals surface area contributed by atoms with Crippen molar-refractivity contribution >= 4 is 23.2 Å². The lowest BCUT2D eigenvalue weighted by atomic mass is 9.84. The molecule has 5 heteroatoms. The van der Waals surface area contributed by atoms with Crippen LogP contribution in [-0.4, -0.2) is 37.5 Å². The van der Waals surface area contributed by atoms with E-state index in [1.165, 1.54) is 69.8 Å². The highest BCUT2D eigenvalue weighted by Gasteiger charge is 2.34. The number of carbonyl (C=O) groups excluding carboxylic acids is 2. The first-order valence-electron chi connectivity index (χ1n) is 13.7. The highest BCUT2D eigenvalue weighted by molar-refractivity contribution is 6.06. The van der Waals surface area contributed by atoms with Crippen LogP contribution in [0.2, 0.25) is 0 Å². The molecule has 2 saturated carbocycles. The van der Waals surface area contributed by atoms with E-state index in [9.17, 15) is 9.59 Å². The molecule has 1 N–H and O–H groups in total. The van der Waals surface area contributed by atoms with Gasteiger partial charge in [0.15, 0.2) is 0 Å². The largest absolute Gasteiger partial charge is 0.311 e. The van der Waals surface area contributed by atoms with Crippen LogP contribution in [0, 0.1) is 0 Å². The number of hydrogen-bond donors (Lipinski definition) is 1. The van der Waals surface area contributed by atoms with Gasteiger partial charge in [-0.25, -0.2) is 0 Å². The minimum atomic E-state index is -0.0707. The number of rotatable bonds is 6. The van der Waals surface area contributed by atoms with Crippen LogP contribution < -0.4 is 15.1 Å². The number of anilines is 2. The Bertz CT molecular complexity index is 1000. The van der Waals surface area contributed by atoms with E-state index in [4.69, 9.17) is 0 Å². The molecular weight excluding hydrogens is 434 g/mol. The summed E-state index contributed by atoms with van der Waals surface area (Å²) in [7, 11) is 1.82. The van der Waals surface area contributed by atoms with Crippen LogP contribution in [0.15, 0.2) is 48.5 Å². The van der Waals surface area contributed by atoms with E-state index < -0.39 is 0 Å². The summed E-state index contributed by atoms with van der Waals surface area (Å²) in [5, 5.41) is 3.61. The highest BCUT2D eigenvalue weighted by atomic mass is 16.2. The molecule has 5 rings (SSSR count). The average molecular weight is 474 g/mol. The molecule has 0 radical (unpaired) electrons. The summed E-state index contributed by atoms with van der Waals surface area (Å²) >= 11 is 0. The van der Waals surface area contributed by atoms with Gasteiger partial charge in [-0.1, -0.05) is 50.7 Å². The van der Waals surface area contributed by atoms with Gasteiger partial charge in [-0.05, 0) is 80.0 Å². The zero-order valence-corrected chi connectivity index (χ0v) is 21.0. The second kappa shape index (κ2) is 10.9. The summed E-state index contributed by atoms with van der Waals surface area (Å²) in [4.78, 5) is 29.7. The van der Waals surface area contributed by atoms with Crippen LogP contribution in [0.1, 0.15) is 92.5 Å². The molecule has 1 aliphatic heterocycles. The lowest BCUT2D eigenvalue weighted by Gasteiger charge is -2.26. The summed E-state index contributed by atoms with van der Waals surface area (Å²) in [5.74, 6) is 0.802. The van der Waals surface area contributed by atoms with Crippen molar-refractivity contribution in [3.05, 3.63) is 59.7 Å². The molecule has 35 heavy (non-hydrogen) atoms. The third-order valence-corrected chi connectivity index (χ3v) is 8.34. The van der Waals surface area contributed by atoms with E-state index in [0.29, 0.717) is 17.5 Å². The van der Waals surface area contributed by atoms with Crippen molar-refractivity contribution in [3.63, 3.8) is 0 Å². The number of benzene rings is 2. The number of nitrogens with one attached hydrogen (secondary N) is 1. The van der Waals surface area contributed by atoms with Crippen molar-refractivity contribution in [1.29, 1.82) is 0 Å². The molecule has 5 nitrogen and oxygen atoms in total. The molecule has 186 valence electrons. The summed E-state index contributed by atoms with van der Waals surface area (Å²) in [6, 6.07) is 16.4. The lowest BCUT2D eigenvalue weighted by Crippen LogP contribution is -2.44. The number of carbonyl (C=O) groups is 2. The molecule has 2 aromatic rings. The molecule has 1 saturated heterocycles. The average Bonchev–Trinajstić information content (AvgIpc) is 3.28. The minimum Gasteiger partial charge on any atom is -0.311 e. The van der Waals surface area contributed by atoms with Crippen LogP contribution in [0.3, 0.4) is 0 Å². The molecular formula is C30H39N3O2. The third-order valence-electron chi connectivity index (χ3n) is 8.34. The van der Waals surface area contributed by atoms with Gasteiger partial charge in [0.2, 0.25) is 5.91 Å². The predicted molar refractivity (Wildman–Crippen MR) is 142 cm³/mol. The van der Waals surface area contributed by atoms with Crippen molar-refractivity contribution < 1.29 is 9.59 Å². The topological polar surface area (TPSA) is 52.7 Å². The molecule has 3 aliphatic rings. The Hall–Kier alpha value is -2.66. The van der Waals surface area contributed by atoms with E-state index in [0.717, 1.165) is 24.3 Å². The lowest BCUT2D eigenvalue weighted by molar-refractivity contribution is -0.119. The maximum atomic E-state index is 13.1. The number of nitrogens with zero attached hydrogens (tertiary/aromatic N) is 2. The fourth-order valence-corrected chi connectivity index (χ4v) is 6.15. The van der Waals surface area contributed by atoms with Crippen LogP contribution in [0.25, 0.3) is 0 Å². The van der Waals surface area contributed by atoms with Crippen molar-refractivity contribution in [1.82, 2.24) is 5.32 Å². The fraction of sp³-hybridized carbons (Fsp3) is 0.533. The van der Waals surface area contributed by atoms with Gasteiger partial charge in [-0.15, -0.1) is 0 Å². The van der Waals surface area contributed by atoms with Crippen molar-refractivity contribution in [2.24, 2.45) is 0 Å². The van der Waals surface area contributed by atoms with Crippen LogP contribution in [-0.2, 0) is 4.79 Å². The van der Waals surface area contributed by atoms with Crippen LogP contribution in [0.4, 0.5) is 11.4 Å². The first-order valence-corrected chi connectivity index (χ1v) is 13.7. The molecule has 3 fully saturated rings. The number of hydrogen-bond acceptors (Lipinski definition) is 3. The first kappa shape index (κ1) is 24.1. The van der Waals surface area contributed by atoms with Gasteiger partial charge in [0.05, 0.1) is 6.04 Å². The van der Waals surface area contributed by atoms with Crippen LogP contribution >= 0.6 is 0 Å². The molecule has 1 heterocycles. The van der Waals surface area contributed by atoms with Gasteiger partial charge in [-0.2, -0.15) is 0 Å². The molecule has 0 bridgehead atoms. The normalized spacial score (nSPS) is 21.9. The zero-order chi connectivity index (χ0) is 24.2. The van der Waals surface area contributed by atoms with E-state index in [2.05, 4.69) is 17.4 Å². The molecule has 0 aromatic heterocycles. The second-order valence-electron chi connectivity index (χ2n) is 10.7. The summed E-state index contributed by atoms with van der Waals surface area (Å²) in [5.41, 5.74) is 3.81. The zero-order valence-electron chi connectivity index (χ0n) is 21.0. The van der Waals surface area contributed by atoms with Gasteiger partial charge in [0.1, 0.15) is 0 Å². The highest BCUT2D eigenvalue weighted by Crippen LogP contribution is 2.33. The summed E-state index contributed by atoms with van der Waals surface area (Å²) < 4.78 is 0. The van der Waals surface area contributed by atoms with Crippen molar-refractivity contribution in [2.45, 2.75) is 88.6 Å². The van der Waals surface area contributed by atoms with E-state index in [1.54, 1.807) is 4.90 Å². The molecule has 2 aliphatic carbocycles.